The lowest BCUT2D eigenvalue weighted by Gasteiger charge is -2.25. The lowest BCUT2D eigenvalue weighted by atomic mass is 9.90. The molecule has 2 atom stereocenters. The van der Waals surface area contributed by atoms with Crippen molar-refractivity contribution in [3.05, 3.63) is 53.3 Å². The highest BCUT2D eigenvalue weighted by atomic mass is 19.1. The molecule has 2 aromatic rings. The number of benzene rings is 2. The topological polar surface area (TPSA) is 103 Å². The van der Waals surface area contributed by atoms with Crippen LogP contribution >= 0.6 is 0 Å². The number of hydrogen-bond donors (Lipinski definition) is 2. The van der Waals surface area contributed by atoms with Crippen molar-refractivity contribution in [2.24, 2.45) is 0 Å². The van der Waals surface area contributed by atoms with Gasteiger partial charge in [0.1, 0.15) is 5.82 Å². The van der Waals surface area contributed by atoms with E-state index in [1.807, 2.05) is 0 Å². The predicted octanol–water partition coefficient (Wildman–Crippen LogP) is 2.52. The Morgan fingerprint density at radius 1 is 1.16 bits per heavy atom. The van der Waals surface area contributed by atoms with Crippen LogP contribution in [0, 0.1) is 5.82 Å². The maximum absolute atomic E-state index is 13.4. The summed E-state index contributed by atoms with van der Waals surface area (Å²) in [5.74, 6) is -2.00. The fourth-order valence-electron chi connectivity index (χ4n) is 3.28. The Hall–Kier alpha value is -3.62. The van der Waals surface area contributed by atoms with Crippen LogP contribution in [0.5, 0.6) is 11.5 Å². The zero-order valence-corrected chi connectivity index (χ0v) is 17.4. The van der Waals surface area contributed by atoms with Gasteiger partial charge in [0.15, 0.2) is 17.6 Å². The molecule has 8 nitrogen and oxygen atoms in total. The lowest BCUT2D eigenvalue weighted by Crippen LogP contribution is -2.37. The summed E-state index contributed by atoms with van der Waals surface area (Å²) in [6.45, 7) is 1.63. The molecule has 9 heteroatoms. The van der Waals surface area contributed by atoms with Gasteiger partial charge in [-0.2, -0.15) is 0 Å². The minimum atomic E-state index is -1.08. The van der Waals surface area contributed by atoms with Gasteiger partial charge in [-0.3, -0.25) is 14.4 Å². The average molecular weight is 430 g/mol. The Bertz CT molecular complexity index is 1010. The molecule has 0 aliphatic carbocycles. The van der Waals surface area contributed by atoms with Crippen LogP contribution in [-0.2, 0) is 25.7 Å². The van der Waals surface area contributed by atoms with Crippen molar-refractivity contribution in [3.63, 3.8) is 0 Å². The smallest absolute Gasteiger partial charge is 0.314 e. The zero-order chi connectivity index (χ0) is 22.5. The first-order chi connectivity index (χ1) is 14.8. The van der Waals surface area contributed by atoms with Crippen molar-refractivity contribution in [1.29, 1.82) is 0 Å². The van der Waals surface area contributed by atoms with Gasteiger partial charge in [0.2, 0.25) is 5.91 Å². The molecule has 1 heterocycles. The minimum absolute atomic E-state index is 0.141. The standard InChI is InChI=1S/C22H23FN2O6/c1-12(21(27)24-11-13-4-7-18(29-2)19(8-13)30-3)31-22(28)16-10-20(26)25-17-9-14(23)5-6-15(16)17/h4-9,12,16H,10-11H2,1-3H3,(H,24,27)(H,25,26)/t12-,16+/m1/s1. The first-order valence-electron chi connectivity index (χ1n) is 9.60. The first-order valence-corrected chi connectivity index (χ1v) is 9.60. The number of rotatable bonds is 7. The van der Waals surface area contributed by atoms with Crippen molar-refractivity contribution in [2.45, 2.75) is 31.9 Å². The summed E-state index contributed by atoms with van der Waals surface area (Å²) >= 11 is 0. The number of fused-ring (bicyclic) bond motifs is 1. The number of amides is 2. The fraction of sp³-hybridized carbons (Fsp3) is 0.318. The third-order valence-corrected chi connectivity index (χ3v) is 4.92. The largest absolute Gasteiger partial charge is 0.493 e. The van der Waals surface area contributed by atoms with Crippen molar-refractivity contribution >= 4 is 23.5 Å². The number of halogens is 1. The second kappa shape index (κ2) is 9.46. The zero-order valence-electron chi connectivity index (χ0n) is 17.4. The monoisotopic (exact) mass is 430 g/mol. The van der Waals surface area contributed by atoms with Gasteiger partial charge in [-0.1, -0.05) is 12.1 Å². The predicted molar refractivity (Wildman–Crippen MR) is 109 cm³/mol. The first kappa shape index (κ1) is 22.1. The van der Waals surface area contributed by atoms with Gasteiger partial charge in [0, 0.05) is 18.7 Å². The van der Waals surface area contributed by atoms with Crippen LogP contribution in [0.25, 0.3) is 0 Å². The summed E-state index contributed by atoms with van der Waals surface area (Å²) in [7, 11) is 3.04. The van der Waals surface area contributed by atoms with Crippen LogP contribution in [0.2, 0.25) is 0 Å². The highest BCUT2D eigenvalue weighted by Crippen LogP contribution is 2.34. The molecular weight excluding hydrogens is 407 g/mol. The van der Waals surface area contributed by atoms with E-state index < -0.39 is 35.6 Å². The summed E-state index contributed by atoms with van der Waals surface area (Å²) in [5, 5.41) is 5.22. The van der Waals surface area contributed by atoms with Gasteiger partial charge in [-0.15, -0.1) is 0 Å². The molecule has 1 aliphatic rings. The molecule has 2 amide bonds. The third kappa shape index (κ3) is 5.11. The van der Waals surface area contributed by atoms with Crippen LogP contribution < -0.4 is 20.1 Å². The Morgan fingerprint density at radius 2 is 1.90 bits per heavy atom. The van der Waals surface area contributed by atoms with E-state index in [0.717, 1.165) is 11.6 Å². The molecule has 0 bridgehead atoms. The number of nitrogens with one attached hydrogen (secondary N) is 2. The van der Waals surface area contributed by atoms with E-state index in [0.29, 0.717) is 17.1 Å². The lowest BCUT2D eigenvalue weighted by molar-refractivity contribution is -0.157. The Kier molecular flexibility index (Phi) is 6.74. The third-order valence-electron chi connectivity index (χ3n) is 4.92. The number of carbonyl (C=O) groups excluding carboxylic acids is 3. The van der Waals surface area contributed by atoms with Gasteiger partial charge >= 0.3 is 5.97 Å². The molecule has 2 N–H and O–H groups in total. The summed E-state index contributed by atoms with van der Waals surface area (Å²) in [5.41, 5.74) is 1.44. The van der Waals surface area contributed by atoms with Crippen LogP contribution in [0.15, 0.2) is 36.4 Å². The highest BCUT2D eigenvalue weighted by molar-refractivity contribution is 6.00. The maximum Gasteiger partial charge on any atom is 0.314 e. The second-order valence-electron chi connectivity index (χ2n) is 7.02. The normalized spacial score (nSPS) is 15.9. The van der Waals surface area contributed by atoms with E-state index in [4.69, 9.17) is 14.2 Å². The quantitative estimate of drug-likeness (QED) is 0.655. The van der Waals surface area contributed by atoms with Gasteiger partial charge in [-0.25, -0.2) is 4.39 Å². The van der Waals surface area contributed by atoms with Crippen LogP contribution in [-0.4, -0.2) is 38.1 Å². The van der Waals surface area contributed by atoms with Crippen LogP contribution in [0.4, 0.5) is 10.1 Å². The number of ether oxygens (including phenoxy) is 3. The van der Waals surface area contributed by atoms with Crippen molar-refractivity contribution in [1.82, 2.24) is 5.32 Å². The van der Waals surface area contributed by atoms with E-state index in [9.17, 15) is 18.8 Å². The van der Waals surface area contributed by atoms with Gasteiger partial charge < -0.3 is 24.8 Å². The molecule has 0 fully saturated rings. The van der Waals surface area contributed by atoms with E-state index in [1.54, 1.807) is 18.2 Å². The molecule has 3 rings (SSSR count). The van der Waals surface area contributed by atoms with Gasteiger partial charge in [0.05, 0.1) is 20.1 Å². The van der Waals surface area contributed by atoms with Crippen molar-refractivity contribution in [3.8, 4) is 11.5 Å². The molecule has 0 radical (unpaired) electrons. The SMILES string of the molecule is COc1ccc(CNC(=O)[C@@H](C)OC(=O)[C@H]2CC(=O)Nc3cc(F)ccc32)cc1OC. The summed E-state index contributed by atoms with van der Waals surface area (Å²) in [4.78, 5) is 36.9. The molecule has 164 valence electrons. The number of esters is 1. The van der Waals surface area contributed by atoms with Gasteiger partial charge in [0.25, 0.3) is 5.91 Å². The maximum atomic E-state index is 13.4. The number of hydrogen-bond acceptors (Lipinski definition) is 6. The van der Waals surface area contributed by atoms with Crippen LogP contribution in [0.3, 0.4) is 0 Å². The molecule has 1 aliphatic heterocycles. The Balaban J connectivity index is 1.61. The van der Waals surface area contributed by atoms with Crippen molar-refractivity contribution < 1.29 is 33.0 Å². The Labute approximate surface area is 178 Å². The van der Waals surface area contributed by atoms with E-state index in [1.165, 1.54) is 33.3 Å². The van der Waals surface area contributed by atoms with Crippen molar-refractivity contribution in [2.75, 3.05) is 19.5 Å². The van der Waals surface area contributed by atoms with E-state index >= 15 is 0 Å². The molecule has 2 aromatic carbocycles. The number of carbonyl (C=O) groups is 3. The summed E-state index contributed by atoms with van der Waals surface area (Å²) in [6, 6.07) is 9.00. The summed E-state index contributed by atoms with van der Waals surface area (Å²) < 4.78 is 29.1. The number of methoxy groups -OCH3 is 2. The molecule has 0 unspecified atom stereocenters. The molecular formula is C22H23FN2O6. The fourth-order valence-corrected chi connectivity index (χ4v) is 3.28. The molecule has 0 saturated heterocycles. The highest BCUT2D eigenvalue weighted by Gasteiger charge is 2.33. The van der Waals surface area contributed by atoms with E-state index in [2.05, 4.69) is 10.6 Å². The molecule has 31 heavy (non-hydrogen) atoms. The minimum Gasteiger partial charge on any atom is -0.493 e. The molecule has 0 saturated carbocycles. The second-order valence-corrected chi connectivity index (χ2v) is 7.02. The molecule has 0 aromatic heterocycles. The number of anilines is 1. The van der Waals surface area contributed by atoms with E-state index in [-0.39, 0.29) is 18.7 Å². The average Bonchev–Trinajstić information content (AvgIpc) is 2.76. The molecule has 0 spiro atoms. The van der Waals surface area contributed by atoms with Crippen LogP contribution in [0.1, 0.15) is 30.4 Å². The summed E-state index contributed by atoms with van der Waals surface area (Å²) in [6.07, 6.45) is -1.22. The van der Waals surface area contributed by atoms with Gasteiger partial charge in [-0.05, 0) is 42.3 Å². The Morgan fingerprint density at radius 3 is 2.61 bits per heavy atom.